The van der Waals surface area contributed by atoms with Crippen LogP contribution in [0.5, 0.6) is 0 Å². The minimum Gasteiger partial charge on any atom is -0.363 e. The third-order valence-electron chi connectivity index (χ3n) is 1.41. The molecule has 0 spiro atoms. The minimum absolute atomic E-state index is 0.00764. The van der Waals surface area contributed by atoms with Gasteiger partial charge in [0.2, 0.25) is 5.82 Å². The summed E-state index contributed by atoms with van der Waals surface area (Å²) in [7, 11) is 0. The van der Waals surface area contributed by atoms with Crippen LogP contribution in [-0.4, -0.2) is 26.1 Å². The maximum absolute atomic E-state index is 10.6. The predicted octanol–water partition coefficient (Wildman–Crippen LogP) is -0.548. The molecule has 0 fully saturated rings. The number of hydrogen-bond acceptors (Lipinski definition) is 4. The first-order chi connectivity index (χ1) is 5.77. The fraction of sp³-hybridized carbons (Fsp3) is 0. The Morgan fingerprint density at radius 1 is 1.50 bits per heavy atom. The highest BCUT2D eigenvalue weighted by atomic mass is 16.1. The molecule has 0 aliphatic carbocycles. The molecule has 0 aliphatic heterocycles. The van der Waals surface area contributed by atoms with Crippen LogP contribution in [0.4, 0.5) is 0 Å². The number of nitrogens with one attached hydrogen (secondary N) is 1. The Balaban J connectivity index is 2.68. The number of carbonyl (C=O) groups is 1. The lowest BCUT2D eigenvalue weighted by Gasteiger charge is -1.91. The smallest absolute Gasteiger partial charge is 0.286 e. The fourth-order valence-corrected chi connectivity index (χ4v) is 0.857. The van der Waals surface area contributed by atoms with E-state index in [-0.39, 0.29) is 5.82 Å². The molecule has 3 N–H and O–H groups in total. The Bertz CT molecular complexity index is 434. The van der Waals surface area contributed by atoms with Crippen LogP contribution < -0.4 is 5.73 Å². The van der Waals surface area contributed by atoms with Gasteiger partial charge in [0.15, 0.2) is 5.65 Å². The normalized spacial score (nSPS) is 10.3. The molecule has 0 aliphatic rings. The van der Waals surface area contributed by atoms with Crippen molar-refractivity contribution in [3.63, 3.8) is 0 Å². The first kappa shape index (κ1) is 6.71. The van der Waals surface area contributed by atoms with Gasteiger partial charge in [0, 0.05) is 6.20 Å². The van der Waals surface area contributed by atoms with Crippen molar-refractivity contribution in [2.45, 2.75) is 0 Å². The van der Waals surface area contributed by atoms with Gasteiger partial charge in [-0.05, 0) is 0 Å². The highest BCUT2D eigenvalue weighted by Crippen LogP contribution is 2.04. The molecule has 0 radical (unpaired) electrons. The highest BCUT2D eigenvalue weighted by molar-refractivity contribution is 5.90. The van der Waals surface area contributed by atoms with Gasteiger partial charge in [-0.1, -0.05) is 0 Å². The summed E-state index contributed by atoms with van der Waals surface area (Å²) >= 11 is 0. The van der Waals surface area contributed by atoms with Crippen LogP contribution in [-0.2, 0) is 0 Å². The van der Waals surface area contributed by atoms with Crippen LogP contribution in [0, 0.1) is 0 Å². The van der Waals surface area contributed by atoms with E-state index in [4.69, 9.17) is 5.73 Å². The van der Waals surface area contributed by atoms with Gasteiger partial charge in [0.25, 0.3) is 5.91 Å². The number of hydrogen-bond donors (Lipinski definition) is 2. The number of rotatable bonds is 1. The van der Waals surface area contributed by atoms with Gasteiger partial charge in [0.1, 0.15) is 0 Å². The van der Waals surface area contributed by atoms with Crippen molar-refractivity contribution >= 4 is 16.9 Å². The van der Waals surface area contributed by atoms with E-state index >= 15 is 0 Å². The van der Waals surface area contributed by atoms with Crippen LogP contribution in [0.1, 0.15) is 10.6 Å². The second kappa shape index (κ2) is 2.26. The first-order valence-corrected chi connectivity index (χ1v) is 3.23. The van der Waals surface area contributed by atoms with Crippen LogP contribution in [0.2, 0.25) is 0 Å². The summed E-state index contributed by atoms with van der Waals surface area (Å²) in [6.07, 6.45) is 3.06. The first-order valence-electron chi connectivity index (χ1n) is 3.23. The molecule has 0 bridgehead atoms. The number of carbonyl (C=O) groups excluding carboxylic acids is 1. The van der Waals surface area contributed by atoms with Crippen LogP contribution in [0.15, 0.2) is 12.4 Å². The molecule has 2 heterocycles. The van der Waals surface area contributed by atoms with Gasteiger partial charge in [-0.15, -0.1) is 0 Å². The van der Waals surface area contributed by atoms with E-state index in [0.29, 0.717) is 5.65 Å². The average molecular weight is 163 g/mol. The summed E-state index contributed by atoms with van der Waals surface area (Å²) in [6, 6.07) is 0. The zero-order valence-electron chi connectivity index (χ0n) is 5.98. The molecular weight excluding hydrogens is 158 g/mol. The maximum Gasteiger partial charge on any atom is 0.286 e. The summed E-state index contributed by atoms with van der Waals surface area (Å²) in [5, 5.41) is 7.08. The molecule has 6 nitrogen and oxygen atoms in total. The van der Waals surface area contributed by atoms with Crippen molar-refractivity contribution in [1.82, 2.24) is 20.2 Å². The number of aromatic nitrogens is 4. The van der Waals surface area contributed by atoms with E-state index in [1.165, 1.54) is 6.20 Å². The Kier molecular flexibility index (Phi) is 1.26. The number of nitrogens with two attached hydrogens (primary N) is 1. The molecule has 2 rings (SSSR count). The molecule has 60 valence electrons. The second-order valence-corrected chi connectivity index (χ2v) is 2.23. The molecule has 2 aromatic rings. The van der Waals surface area contributed by atoms with Gasteiger partial charge in [0.05, 0.1) is 11.6 Å². The van der Waals surface area contributed by atoms with Crippen LogP contribution in [0.25, 0.3) is 11.0 Å². The second-order valence-electron chi connectivity index (χ2n) is 2.23. The molecule has 0 aromatic carbocycles. The van der Waals surface area contributed by atoms with Crippen molar-refractivity contribution in [3.8, 4) is 0 Å². The van der Waals surface area contributed by atoms with Crippen molar-refractivity contribution in [1.29, 1.82) is 0 Å². The lowest BCUT2D eigenvalue weighted by Crippen LogP contribution is -2.14. The average Bonchev–Trinajstić information content (AvgIpc) is 2.49. The van der Waals surface area contributed by atoms with Crippen molar-refractivity contribution in [2.24, 2.45) is 5.73 Å². The van der Waals surface area contributed by atoms with E-state index in [9.17, 15) is 4.79 Å². The molecular formula is C6H5N5O. The number of nitrogens with zero attached hydrogens (tertiary/aromatic N) is 3. The molecule has 0 saturated heterocycles. The SMILES string of the molecule is NC(=O)c1ncc2cn[nH]c2n1. The quantitative estimate of drug-likeness (QED) is 0.589. The van der Waals surface area contributed by atoms with Crippen LogP contribution >= 0.6 is 0 Å². The third kappa shape index (κ3) is 0.895. The van der Waals surface area contributed by atoms with Crippen LogP contribution in [0.3, 0.4) is 0 Å². The summed E-state index contributed by atoms with van der Waals surface area (Å²) < 4.78 is 0. The van der Waals surface area contributed by atoms with Crippen molar-refractivity contribution in [2.75, 3.05) is 0 Å². The number of primary amides is 1. The molecule has 0 atom stereocenters. The topological polar surface area (TPSA) is 97.5 Å². The van der Waals surface area contributed by atoms with Gasteiger partial charge in [-0.2, -0.15) is 5.10 Å². The van der Waals surface area contributed by atoms with E-state index in [2.05, 4.69) is 20.2 Å². The molecule has 2 aromatic heterocycles. The van der Waals surface area contributed by atoms with Gasteiger partial charge in [-0.3, -0.25) is 9.89 Å². The van der Waals surface area contributed by atoms with E-state index in [0.717, 1.165) is 5.39 Å². The summed E-state index contributed by atoms with van der Waals surface area (Å²) in [4.78, 5) is 18.2. The minimum atomic E-state index is -0.647. The Morgan fingerprint density at radius 3 is 3.08 bits per heavy atom. The number of aromatic amines is 1. The molecule has 1 amide bonds. The largest absolute Gasteiger partial charge is 0.363 e. The van der Waals surface area contributed by atoms with Crippen molar-refractivity contribution in [3.05, 3.63) is 18.2 Å². The van der Waals surface area contributed by atoms with Gasteiger partial charge >= 0.3 is 0 Å². The molecule has 0 saturated carbocycles. The maximum atomic E-state index is 10.6. The Labute approximate surface area is 66.8 Å². The molecule has 0 unspecified atom stereocenters. The third-order valence-corrected chi connectivity index (χ3v) is 1.41. The fourth-order valence-electron chi connectivity index (χ4n) is 0.857. The predicted molar refractivity (Wildman–Crippen MR) is 40.2 cm³/mol. The lowest BCUT2D eigenvalue weighted by atomic mass is 10.4. The van der Waals surface area contributed by atoms with E-state index < -0.39 is 5.91 Å². The van der Waals surface area contributed by atoms with Crippen molar-refractivity contribution < 1.29 is 4.79 Å². The standard InChI is InChI=1S/C6H5N5O/c7-4(12)6-8-1-3-2-9-11-5(3)10-6/h1-2H,(H2,7,12)(H,8,9,10,11). The number of amides is 1. The van der Waals surface area contributed by atoms with E-state index in [1.807, 2.05) is 0 Å². The Hall–Kier alpha value is -1.98. The summed E-state index contributed by atoms with van der Waals surface area (Å²) in [5.74, 6) is -0.654. The summed E-state index contributed by atoms with van der Waals surface area (Å²) in [6.45, 7) is 0. The van der Waals surface area contributed by atoms with E-state index in [1.54, 1.807) is 6.20 Å². The number of fused-ring (bicyclic) bond motifs is 1. The van der Waals surface area contributed by atoms with Gasteiger partial charge < -0.3 is 5.73 Å². The zero-order chi connectivity index (χ0) is 8.55. The zero-order valence-corrected chi connectivity index (χ0v) is 5.98. The number of H-pyrrole nitrogens is 1. The Morgan fingerprint density at radius 2 is 2.33 bits per heavy atom. The molecule has 6 heteroatoms. The highest BCUT2D eigenvalue weighted by Gasteiger charge is 2.05. The molecule has 12 heavy (non-hydrogen) atoms. The lowest BCUT2D eigenvalue weighted by molar-refractivity contribution is 0.0991. The van der Waals surface area contributed by atoms with Gasteiger partial charge in [-0.25, -0.2) is 9.97 Å². The summed E-state index contributed by atoms with van der Waals surface area (Å²) in [5.41, 5.74) is 5.49. The monoisotopic (exact) mass is 163 g/mol.